The van der Waals surface area contributed by atoms with E-state index in [1.165, 1.54) is 7.11 Å². The molecule has 1 atom stereocenters. The molecule has 0 radical (unpaired) electrons. The van der Waals surface area contributed by atoms with Gasteiger partial charge in [0.1, 0.15) is 0 Å². The Balaban J connectivity index is 1.71. The first kappa shape index (κ1) is 16.3. The Morgan fingerprint density at radius 2 is 1.81 bits per heavy atom. The molecule has 2 aliphatic rings. The van der Waals surface area contributed by atoms with Crippen molar-refractivity contribution in [3.63, 3.8) is 0 Å². The van der Waals surface area contributed by atoms with Crippen molar-refractivity contribution >= 4 is 21.7 Å². The van der Waals surface area contributed by atoms with Crippen molar-refractivity contribution in [3.05, 3.63) is 0 Å². The summed E-state index contributed by atoms with van der Waals surface area (Å²) in [5.74, 6) is 0.00381. The average Bonchev–Trinajstić information content (AvgIpc) is 2.77. The Bertz CT molecular complexity index is 493. The Labute approximate surface area is 125 Å². The van der Waals surface area contributed by atoms with Gasteiger partial charge >= 0.3 is 5.97 Å². The minimum Gasteiger partial charge on any atom is -0.469 e. The van der Waals surface area contributed by atoms with Gasteiger partial charge in [-0.2, -0.15) is 0 Å². The van der Waals surface area contributed by atoms with Gasteiger partial charge in [0.2, 0.25) is 5.91 Å². The van der Waals surface area contributed by atoms with Crippen LogP contribution in [0, 0.1) is 11.8 Å². The molecule has 1 saturated heterocycles. The van der Waals surface area contributed by atoms with Crippen LogP contribution in [0.3, 0.4) is 0 Å². The standard InChI is InChI=1S/C14H23NO5S/c1-20-14(17)11-2-4-12(5-3-11)15-13(16)8-10-6-7-21(18,19)9-10/h10-12H,2-9H2,1H3,(H,15,16). The van der Waals surface area contributed by atoms with Gasteiger partial charge in [0.05, 0.1) is 24.5 Å². The van der Waals surface area contributed by atoms with Crippen molar-refractivity contribution in [3.8, 4) is 0 Å². The van der Waals surface area contributed by atoms with Crippen LogP contribution in [0.4, 0.5) is 0 Å². The molecule has 7 heteroatoms. The Hall–Kier alpha value is -1.11. The van der Waals surface area contributed by atoms with Crippen LogP contribution >= 0.6 is 0 Å². The minimum absolute atomic E-state index is 0.0404. The quantitative estimate of drug-likeness (QED) is 0.769. The number of amides is 1. The van der Waals surface area contributed by atoms with Crippen molar-refractivity contribution in [2.45, 2.75) is 44.6 Å². The molecule has 2 rings (SSSR count). The van der Waals surface area contributed by atoms with Gasteiger partial charge in [0, 0.05) is 12.5 Å². The molecule has 120 valence electrons. The SMILES string of the molecule is COC(=O)C1CCC(NC(=O)CC2CCS(=O)(=O)C2)CC1. The maximum absolute atomic E-state index is 12.0. The molecule has 1 unspecified atom stereocenters. The molecule has 0 spiro atoms. The molecule has 1 saturated carbocycles. The van der Waals surface area contributed by atoms with E-state index in [0.29, 0.717) is 6.42 Å². The van der Waals surface area contributed by atoms with Crippen molar-refractivity contribution in [1.29, 1.82) is 0 Å². The van der Waals surface area contributed by atoms with Gasteiger partial charge < -0.3 is 10.1 Å². The number of carbonyl (C=O) groups is 2. The summed E-state index contributed by atoms with van der Waals surface area (Å²) in [6.45, 7) is 0. The highest BCUT2D eigenvalue weighted by molar-refractivity contribution is 7.91. The smallest absolute Gasteiger partial charge is 0.308 e. The van der Waals surface area contributed by atoms with Crippen molar-refractivity contribution < 1.29 is 22.7 Å². The normalized spacial score (nSPS) is 31.6. The predicted molar refractivity (Wildman–Crippen MR) is 77.3 cm³/mol. The first-order valence-electron chi connectivity index (χ1n) is 7.47. The summed E-state index contributed by atoms with van der Waals surface area (Å²) in [7, 11) is -1.53. The van der Waals surface area contributed by atoms with Crippen LogP contribution in [0.25, 0.3) is 0 Å². The van der Waals surface area contributed by atoms with Crippen LogP contribution in [0.5, 0.6) is 0 Å². The van der Waals surface area contributed by atoms with Gasteiger partial charge in [-0.25, -0.2) is 8.42 Å². The van der Waals surface area contributed by atoms with Gasteiger partial charge in [0.15, 0.2) is 9.84 Å². The third-order valence-corrected chi connectivity index (χ3v) is 6.26. The second-order valence-corrected chi connectivity index (χ2v) is 8.34. The number of sulfone groups is 1. The molecular weight excluding hydrogens is 294 g/mol. The molecule has 0 aromatic heterocycles. The molecule has 1 amide bonds. The Morgan fingerprint density at radius 1 is 1.14 bits per heavy atom. The zero-order chi connectivity index (χ0) is 15.5. The molecule has 0 aromatic rings. The fourth-order valence-corrected chi connectivity index (χ4v) is 5.08. The lowest BCUT2D eigenvalue weighted by molar-refractivity contribution is -0.146. The van der Waals surface area contributed by atoms with Crippen molar-refractivity contribution in [1.82, 2.24) is 5.32 Å². The largest absolute Gasteiger partial charge is 0.469 e. The van der Waals surface area contributed by atoms with Crippen LogP contribution in [0.1, 0.15) is 38.5 Å². The van der Waals surface area contributed by atoms with Crippen LogP contribution in [-0.2, 0) is 24.2 Å². The summed E-state index contributed by atoms with van der Waals surface area (Å²) in [6, 6.07) is 0.0939. The lowest BCUT2D eigenvalue weighted by Crippen LogP contribution is -2.39. The molecule has 6 nitrogen and oxygen atoms in total. The van der Waals surface area contributed by atoms with Crippen LogP contribution in [0.15, 0.2) is 0 Å². The van der Waals surface area contributed by atoms with E-state index < -0.39 is 9.84 Å². The van der Waals surface area contributed by atoms with Crippen LogP contribution < -0.4 is 5.32 Å². The molecule has 1 aliphatic heterocycles. The molecule has 21 heavy (non-hydrogen) atoms. The van der Waals surface area contributed by atoms with Gasteiger partial charge in [-0.3, -0.25) is 9.59 Å². The summed E-state index contributed by atoms with van der Waals surface area (Å²) >= 11 is 0. The maximum Gasteiger partial charge on any atom is 0.308 e. The van der Waals surface area contributed by atoms with Gasteiger partial charge in [-0.1, -0.05) is 0 Å². The number of esters is 1. The molecule has 0 bridgehead atoms. The van der Waals surface area contributed by atoms with E-state index in [9.17, 15) is 18.0 Å². The first-order valence-corrected chi connectivity index (χ1v) is 9.29. The molecule has 2 fully saturated rings. The number of methoxy groups -OCH3 is 1. The molecular formula is C14H23NO5S. The summed E-state index contributed by atoms with van der Waals surface area (Å²) in [4.78, 5) is 23.4. The van der Waals surface area contributed by atoms with Crippen molar-refractivity contribution in [2.75, 3.05) is 18.6 Å². The number of nitrogens with one attached hydrogen (secondary N) is 1. The zero-order valence-electron chi connectivity index (χ0n) is 12.3. The van der Waals surface area contributed by atoms with E-state index in [0.717, 1.165) is 25.7 Å². The van der Waals surface area contributed by atoms with Crippen LogP contribution in [-0.4, -0.2) is 45.0 Å². The molecule has 1 aliphatic carbocycles. The predicted octanol–water partition coefficient (Wildman–Crippen LogP) is 0.659. The summed E-state index contributed by atoms with van der Waals surface area (Å²) in [5.41, 5.74) is 0. The Morgan fingerprint density at radius 3 is 2.33 bits per heavy atom. The molecule has 1 heterocycles. The third kappa shape index (κ3) is 4.69. The van der Waals surface area contributed by atoms with Crippen molar-refractivity contribution in [2.24, 2.45) is 11.8 Å². The number of rotatable bonds is 4. The highest BCUT2D eigenvalue weighted by atomic mass is 32.2. The number of hydrogen-bond acceptors (Lipinski definition) is 5. The number of carbonyl (C=O) groups excluding carboxylic acids is 2. The third-order valence-electron chi connectivity index (χ3n) is 4.43. The van der Waals surface area contributed by atoms with E-state index >= 15 is 0 Å². The van der Waals surface area contributed by atoms with Gasteiger partial charge in [-0.15, -0.1) is 0 Å². The number of hydrogen-bond donors (Lipinski definition) is 1. The van der Waals surface area contributed by atoms with Gasteiger partial charge in [-0.05, 0) is 38.0 Å². The lowest BCUT2D eigenvalue weighted by atomic mass is 9.86. The molecule has 1 N–H and O–H groups in total. The molecule has 0 aromatic carbocycles. The fraction of sp³-hybridized carbons (Fsp3) is 0.857. The van der Waals surface area contributed by atoms with E-state index in [1.54, 1.807) is 0 Å². The maximum atomic E-state index is 12.0. The summed E-state index contributed by atoms with van der Waals surface area (Å²) in [6.07, 6.45) is 3.88. The zero-order valence-corrected chi connectivity index (χ0v) is 13.2. The average molecular weight is 317 g/mol. The van der Waals surface area contributed by atoms with Crippen LogP contribution in [0.2, 0.25) is 0 Å². The lowest BCUT2D eigenvalue weighted by Gasteiger charge is -2.27. The monoisotopic (exact) mass is 317 g/mol. The minimum atomic E-state index is -2.93. The van der Waals surface area contributed by atoms with E-state index in [-0.39, 0.29) is 47.7 Å². The van der Waals surface area contributed by atoms with E-state index in [2.05, 4.69) is 5.32 Å². The van der Waals surface area contributed by atoms with E-state index in [4.69, 9.17) is 4.74 Å². The topological polar surface area (TPSA) is 89.5 Å². The second kappa shape index (κ2) is 6.77. The van der Waals surface area contributed by atoms with E-state index in [1.807, 2.05) is 0 Å². The summed E-state index contributed by atoms with van der Waals surface area (Å²) < 4.78 is 27.5. The fourth-order valence-electron chi connectivity index (χ4n) is 3.22. The second-order valence-electron chi connectivity index (χ2n) is 6.11. The number of ether oxygens (including phenoxy) is 1. The van der Waals surface area contributed by atoms with Gasteiger partial charge in [0.25, 0.3) is 0 Å². The highest BCUT2D eigenvalue weighted by Gasteiger charge is 2.31. The highest BCUT2D eigenvalue weighted by Crippen LogP contribution is 2.26. The first-order chi connectivity index (χ1) is 9.89. The summed E-state index contributed by atoms with van der Waals surface area (Å²) in [5, 5.41) is 2.96. The Kier molecular flexibility index (Phi) is 5.24.